The molecule has 0 saturated carbocycles. The molecule has 0 spiro atoms. The Hall–Kier alpha value is -3.32. The molecular weight excluding hydrogens is 424 g/mol. The Bertz CT molecular complexity index is 1140. The number of benzene rings is 3. The molecular formula is C25H28N2O4S. The van der Waals surface area contributed by atoms with Gasteiger partial charge < -0.3 is 10.1 Å². The van der Waals surface area contributed by atoms with Crippen LogP contribution < -0.4 is 14.4 Å². The molecule has 0 aliphatic heterocycles. The Morgan fingerprint density at radius 1 is 0.844 bits per heavy atom. The Morgan fingerprint density at radius 2 is 1.41 bits per heavy atom. The second-order valence-electron chi connectivity index (χ2n) is 7.91. The van der Waals surface area contributed by atoms with Gasteiger partial charge in [-0.1, -0.05) is 44.2 Å². The molecule has 0 heterocycles. The summed E-state index contributed by atoms with van der Waals surface area (Å²) in [5.74, 6) is 1.21. The van der Waals surface area contributed by atoms with Gasteiger partial charge in [-0.15, -0.1) is 0 Å². The first-order valence-corrected chi connectivity index (χ1v) is 12.2. The lowest BCUT2D eigenvalue weighted by Gasteiger charge is -2.28. The molecule has 3 aromatic rings. The number of rotatable bonds is 8. The number of anilines is 2. The molecule has 0 saturated heterocycles. The number of carbonyl (C=O) groups is 1. The van der Waals surface area contributed by atoms with E-state index < -0.39 is 22.0 Å². The molecule has 3 aromatic carbocycles. The summed E-state index contributed by atoms with van der Waals surface area (Å²) in [5.41, 5.74) is 2.16. The monoisotopic (exact) mass is 452 g/mol. The van der Waals surface area contributed by atoms with Gasteiger partial charge in [0.15, 0.2) is 0 Å². The molecule has 0 aliphatic rings. The molecule has 0 fully saturated rings. The molecule has 3 rings (SSSR count). The Balaban J connectivity index is 1.77. The summed E-state index contributed by atoms with van der Waals surface area (Å²) in [6.45, 7) is 5.75. The lowest BCUT2D eigenvalue weighted by molar-refractivity contribution is -0.116. The average molecular weight is 453 g/mol. The van der Waals surface area contributed by atoms with Crippen LogP contribution in [0.3, 0.4) is 0 Å². The molecule has 0 unspecified atom stereocenters. The van der Waals surface area contributed by atoms with Gasteiger partial charge in [0.25, 0.3) is 0 Å². The highest BCUT2D eigenvalue weighted by atomic mass is 32.2. The molecule has 7 heteroatoms. The fourth-order valence-corrected chi connectivity index (χ4v) is 4.47. The molecule has 6 nitrogen and oxygen atoms in total. The van der Waals surface area contributed by atoms with Crippen LogP contribution in [0.25, 0.3) is 0 Å². The van der Waals surface area contributed by atoms with E-state index in [1.165, 1.54) is 0 Å². The van der Waals surface area contributed by atoms with E-state index in [2.05, 4.69) is 19.2 Å². The van der Waals surface area contributed by atoms with E-state index in [9.17, 15) is 13.2 Å². The van der Waals surface area contributed by atoms with Gasteiger partial charge in [-0.3, -0.25) is 9.10 Å². The third-order valence-electron chi connectivity index (χ3n) is 5.00. The highest BCUT2D eigenvalue weighted by Gasteiger charge is 2.29. The zero-order chi connectivity index (χ0) is 23.3. The predicted octanol–water partition coefficient (Wildman–Crippen LogP) is 5.40. The summed E-state index contributed by atoms with van der Waals surface area (Å²) in [6.07, 6.45) is 1.09. The molecule has 1 N–H and O–H groups in total. The van der Waals surface area contributed by atoms with Gasteiger partial charge in [0, 0.05) is 5.69 Å². The Labute approximate surface area is 189 Å². The number of amides is 1. The number of carbonyl (C=O) groups excluding carboxylic acids is 1. The fraction of sp³-hybridized carbons (Fsp3) is 0.240. The number of hydrogen-bond donors (Lipinski definition) is 1. The zero-order valence-electron chi connectivity index (χ0n) is 18.6. The number of ether oxygens (including phenoxy) is 1. The maximum Gasteiger partial charge on any atom is 0.247 e. The molecule has 0 radical (unpaired) electrons. The number of sulfonamides is 1. The van der Waals surface area contributed by atoms with Crippen molar-refractivity contribution in [2.75, 3.05) is 15.9 Å². The average Bonchev–Trinajstić information content (AvgIpc) is 2.75. The predicted molar refractivity (Wildman–Crippen MR) is 129 cm³/mol. The maximum absolute atomic E-state index is 12.9. The van der Waals surface area contributed by atoms with Gasteiger partial charge in [0.2, 0.25) is 15.9 Å². The summed E-state index contributed by atoms with van der Waals surface area (Å²) in [4.78, 5) is 12.9. The third kappa shape index (κ3) is 5.88. The van der Waals surface area contributed by atoms with Crippen LogP contribution in [0.15, 0.2) is 78.9 Å². The van der Waals surface area contributed by atoms with Crippen LogP contribution in [0.5, 0.6) is 11.5 Å². The van der Waals surface area contributed by atoms with Crippen molar-refractivity contribution in [3.63, 3.8) is 0 Å². The summed E-state index contributed by atoms with van der Waals surface area (Å²) >= 11 is 0. The summed E-state index contributed by atoms with van der Waals surface area (Å²) < 4.78 is 32.0. The highest BCUT2D eigenvalue weighted by molar-refractivity contribution is 7.92. The van der Waals surface area contributed by atoms with E-state index in [1.807, 2.05) is 54.6 Å². The van der Waals surface area contributed by atoms with Gasteiger partial charge in [-0.25, -0.2) is 8.42 Å². The second-order valence-corrected chi connectivity index (χ2v) is 9.77. The molecule has 0 aliphatic carbocycles. The van der Waals surface area contributed by atoms with Crippen LogP contribution in [-0.2, 0) is 14.8 Å². The van der Waals surface area contributed by atoms with Gasteiger partial charge in [-0.05, 0) is 66.9 Å². The van der Waals surface area contributed by atoms with Gasteiger partial charge in [-0.2, -0.15) is 0 Å². The van der Waals surface area contributed by atoms with E-state index in [0.29, 0.717) is 28.8 Å². The van der Waals surface area contributed by atoms with E-state index in [4.69, 9.17) is 4.74 Å². The van der Waals surface area contributed by atoms with Crippen LogP contribution >= 0.6 is 0 Å². The molecule has 1 amide bonds. The van der Waals surface area contributed by atoms with Crippen LogP contribution in [0.2, 0.25) is 0 Å². The Kier molecular flexibility index (Phi) is 7.20. The van der Waals surface area contributed by atoms with Gasteiger partial charge in [0.05, 0.1) is 11.9 Å². The van der Waals surface area contributed by atoms with Crippen molar-refractivity contribution < 1.29 is 17.9 Å². The highest BCUT2D eigenvalue weighted by Crippen LogP contribution is 2.27. The lowest BCUT2D eigenvalue weighted by atomic mass is 10.0. The third-order valence-corrected chi connectivity index (χ3v) is 6.25. The van der Waals surface area contributed by atoms with Crippen molar-refractivity contribution in [2.24, 2.45) is 0 Å². The van der Waals surface area contributed by atoms with Crippen molar-refractivity contribution in [3.8, 4) is 11.5 Å². The van der Waals surface area contributed by atoms with Crippen molar-refractivity contribution in [1.29, 1.82) is 0 Å². The number of para-hydroxylation sites is 1. The second kappa shape index (κ2) is 9.87. The molecule has 0 aromatic heterocycles. The quantitative estimate of drug-likeness (QED) is 0.497. The minimum Gasteiger partial charge on any atom is -0.457 e. The number of nitrogens with one attached hydrogen (secondary N) is 1. The number of nitrogens with zero attached hydrogens (tertiary/aromatic N) is 1. The summed E-state index contributed by atoms with van der Waals surface area (Å²) in [7, 11) is -3.71. The smallest absolute Gasteiger partial charge is 0.247 e. The van der Waals surface area contributed by atoms with Crippen molar-refractivity contribution >= 4 is 27.3 Å². The van der Waals surface area contributed by atoms with Crippen LogP contribution in [0, 0.1) is 0 Å². The molecule has 168 valence electrons. The van der Waals surface area contributed by atoms with Crippen LogP contribution in [-0.4, -0.2) is 26.6 Å². The first-order valence-electron chi connectivity index (χ1n) is 10.4. The van der Waals surface area contributed by atoms with E-state index >= 15 is 0 Å². The van der Waals surface area contributed by atoms with Crippen LogP contribution in [0.1, 0.15) is 32.3 Å². The minimum atomic E-state index is -3.71. The topological polar surface area (TPSA) is 75.7 Å². The largest absolute Gasteiger partial charge is 0.457 e. The lowest BCUT2D eigenvalue weighted by Crippen LogP contribution is -2.45. The maximum atomic E-state index is 12.9. The molecule has 1 atom stereocenters. The summed E-state index contributed by atoms with van der Waals surface area (Å²) in [5, 5.41) is 2.80. The normalized spacial score (nSPS) is 12.3. The van der Waals surface area contributed by atoms with Crippen molar-refractivity contribution in [3.05, 3.63) is 84.4 Å². The molecule has 0 bridgehead atoms. The van der Waals surface area contributed by atoms with Gasteiger partial charge in [0.1, 0.15) is 17.5 Å². The fourth-order valence-electron chi connectivity index (χ4n) is 3.29. The number of hydrogen-bond acceptors (Lipinski definition) is 4. The standard InChI is InChI=1S/C25H28N2O4S/c1-18(2)20-10-12-21(13-11-20)26-25(28)19(3)27(32(4,29)30)22-14-16-24(17-15-22)31-23-8-6-5-7-9-23/h5-19H,1-4H3,(H,26,28)/t19-/m0/s1. The SMILES string of the molecule is CC(C)c1ccc(NC(=O)[C@H](C)N(c2ccc(Oc3ccccc3)cc2)S(C)(=O)=O)cc1. The van der Waals surface area contributed by atoms with E-state index in [1.54, 1.807) is 31.2 Å². The van der Waals surface area contributed by atoms with Gasteiger partial charge >= 0.3 is 0 Å². The van der Waals surface area contributed by atoms with E-state index in [0.717, 1.165) is 16.1 Å². The van der Waals surface area contributed by atoms with Crippen molar-refractivity contribution in [2.45, 2.75) is 32.7 Å². The Morgan fingerprint density at radius 3 is 1.94 bits per heavy atom. The zero-order valence-corrected chi connectivity index (χ0v) is 19.5. The first kappa shape index (κ1) is 23.3. The summed E-state index contributed by atoms with van der Waals surface area (Å²) in [6, 6.07) is 22.5. The first-order chi connectivity index (χ1) is 15.1. The minimum absolute atomic E-state index is 0.380. The molecule has 32 heavy (non-hydrogen) atoms. The van der Waals surface area contributed by atoms with Crippen molar-refractivity contribution in [1.82, 2.24) is 0 Å². The van der Waals surface area contributed by atoms with Crippen LogP contribution in [0.4, 0.5) is 11.4 Å². The van der Waals surface area contributed by atoms with E-state index in [-0.39, 0.29) is 0 Å².